The summed E-state index contributed by atoms with van der Waals surface area (Å²) in [5.74, 6) is 2.19. The Kier molecular flexibility index (Phi) is 6.75. The molecule has 1 unspecified atom stereocenters. The van der Waals surface area contributed by atoms with Crippen molar-refractivity contribution >= 4 is 29.4 Å². The first kappa shape index (κ1) is 23.1. The molecule has 2 aromatic rings. The summed E-state index contributed by atoms with van der Waals surface area (Å²) < 4.78 is 5.58. The van der Waals surface area contributed by atoms with Crippen LogP contribution in [0.2, 0.25) is 0 Å². The molecule has 2 saturated heterocycles. The van der Waals surface area contributed by atoms with Crippen molar-refractivity contribution in [3.63, 3.8) is 0 Å². The topological polar surface area (TPSA) is 104 Å². The van der Waals surface area contributed by atoms with Crippen molar-refractivity contribution in [1.29, 1.82) is 0 Å². The van der Waals surface area contributed by atoms with Crippen molar-refractivity contribution in [2.45, 2.75) is 16.6 Å². The first-order valence-corrected chi connectivity index (χ1v) is 12.7. The molecule has 3 aliphatic heterocycles. The van der Waals surface area contributed by atoms with Crippen LogP contribution in [0.3, 0.4) is 0 Å². The van der Waals surface area contributed by atoms with E-state index in [0.29, 0.717) is 30.1 Å². The Morgan fingerprint density at radius 2 is 1.91 bits per heavy atom. The molecule has 5 heterocycles. The molecule has 0 radical (unpaired) electrons. The molecule has 34 heavy (non-hydrogen) atoms. The summed E-state index contributed by atoms with van der Waals surface area (Å²) in [6.45, 7) is 7.40. The van der Waals surface area contributed by atoms with Gasteiger partial charge in [0, 0.05) is 83.3 Å². The van der Waals surface area contributed by atoms with Gasteiger partial charge >= 0.3 is 6.03 Å². The molecule has 3 aliphatic rings. The summed E-state index contributed by atoms with van der Waals surface area (Å²) in [5, 5.41) is 0.417. The van der Waals surface area contributed by atoms with Crippen LogP contribution in [0.25, 0.3) is 11.4 Å². The molecule has 2 aromatic heterocycles. The number of urea groups is 1. The van der Waals surface area contributed by atoms with Gasteiger partial charge in [-0.2, -0.15) is 0 Å². The number of nitrogens with two attached hydrogens (primary N) is 1. The lowest BCUT2D eigenvalue weighted by molar-refractivity contribution is 0.122. The summed E-state index contributed by atoms with van der Waals surface area (Å²) in [7, 11) is 3.62. The van der Waals surface area contributed by atoms with E-state index in [4.69, 9.17) is 20.4 Å². The highest BCUT2D eigenvalue weighted by atomic mass is 32.2. The van der Waals surface area contributed by atoms with E-state index in [-0.39, 0.29) is 6.03 Å². The molecule has 0 bridgehead atoms. The van der Waals surface area contributed by atoms with Crippen LogP contribution >= 0.6 is 11.8 Å². The Hall–Kier alpha value is -2.63. The number of ether oxygens (including phenoxy) is 1. The van der Waals surface area contributed by atoms with Gasteiger partial charge in [-0.15, -0.1) is 11.8 Å². The number of carbonyl (C=O) groups is 1. The number of anilines is 2. The van der Waals surface area contributed by atoms with Crippen molar-refractivity contribution in [2.24, 2.45) is 0 Å². The van der Waals surface area contributed by atoms with Crippen LogP contribution in [0, 0.1) is 0 Å². The van der Waals surface area contributed by atoms with Gasteiger partial charge in [-0.25, -0.2) is 19.7 Å². The Balaban J connectivity index is 1.32. The number of piperazine rings is 1. The molecule has 2 fully saturated rings. The van der Waals surface area contributed by atoms with Crippen molar-refractivity contribution in [3.05, 3.63) is 24.0 Å². The van der Waals surface area contributed by atoms with Gasteiger partial charge in [0.2, 0.25) is 0 Å². The lowest BCUT2D eigenvalue weighted by atomic mass is 10.2. The number of hydrogen-bond acceptors (Lipinski definition) is 9. The first-order chi connectivity index (χ1) is 16.5. The Labute approximate surface area is 204 Å². The monoisotopic (exact) mass is 484 g/mol. The highest BCUT2D eigenvalue weighted by molar-refractivity contribution is 8.00. The van der Waals surface area contributed by atoms with Crippen LogP contribution in [-0.4, -0.2) is 114 Å². The molecule has 1 atom stereocenters. The highest BCUT2D eigenvalue weighted by Gasteiger charge is 2.33. The SMILES string of the molecule is CN(C)C(=O)N1CCN(CC2Cc3nc(-c4ccc(N)nc4)nc(N4CCOCC4)c3S2)CC1. The van der Waals surface area contributed by atoms with Crippen LogP contribution in [-0.2, 0) is 11.2 Å². The number of thioether (sulfide) groups is 1. The Morgan fingerprint density at radius 1 is 1.15 bits per heavy atom. The van der Waals surface area contributed by atoms with Gasteiger partial charge in [-0.05, 0) is 12.1 Å². The molecule has 0 aromatic carbocycles. The van der Waals surface area contributed by atoms with E-state index >= 15 is 0 Å². The maximum absolute atomic E-state index is 12.2. The number of fused-ring (bicyclic) bond motifs is 1. The van der Waals surface area contributed by atoms with E-state index in [9.17, 15) is 4.79 Å². The molecule has 5 rings (SSSR count). The minimum atomic E-state index is 0.0948. The van der Waals surface area contributed by atoms with E-state index in [1.807, 2.05) is 36.8 Å². The molecule has 0 aliphatic carbocycles. The maximum Gasteiger partial charge on any atom is 0.319 e. The fraction of sp³-hybridized carbons (Fsp3) is 0.565. The van der Waals surface area contributed by atoms with Crippen LogP contribution in [0.1, 0.15) is 5.69 Å². The van der Waals surface area contributed by atoms with Crippen molar-refractivity contribution < 1.29 is 9.53 Å². The number of rotatable bonds is 4. The summed E-state index contributed by atoms with van der Waals surface area (Å²) >= 11 is 1.89. The second kappa shape index (κ2) is 9.93. The number of morpholine rings is 1. The summed E-state index contributed by atoms with van der Waals surface area (Å²) in [5.41, 5.74) is 7.77. The molecule has 2 amide bonds. The fourth-order valence-electron chi connectivity index (χ4n) is 4.62. The number of carbonyl (C=O) groups excluding carboxylic acids is 1. The Morgan fingerprint density at radius 3 is 2.59 bits per heavy atom. The minimum absolute atomic E-state index is 0.0948. The van der Waals surface area contributed by atoms with E-state index in [0.717, 1.165) is 69.3 Å². The molecule has 182 valence electrons. The van der Waals surface area contributed by atoms with Crippen molar-refractivity contribution in [2.75, 3.05) is 83.8 Å². The number of pyridine rings is 1. The van der Waals surface area contributed by atoms with Gasteiger partial charge in [-0.1, -0.05) is 0 Å². The second-order valence-electron chi connectivity index (χ2n) is 9.13. The third kappa shape index (κ3) is 4.91. The summed E-state index contributed by atoms with van der Waals surface area (Å²) in [6, 6.07) is 3.82. The van der Waals surface area contributed by atoms with E-state index in [1.165, 1.54) is 4.90 Å². The van der Waals surface area contributed by atoms with Crippen molar-refractivity contribution in [1.82, 2.24) is 29.7 Å². The third-order valence-corrected chi connectivity index (χ3v) is 7.77. The molecular formula is C23H32N8O2S. The van der Waals surface area contributed by atoms with Gasteiger partial charge in [-0.3, -0.25) is 4.90 Å². The zero-order valence-electron chi connectivity index (χ0n) is 19.8. The van der Waals surface area contributed by atoms with Gasteiger partial charge < -0.3 is 25.2 Å². The predicted molar refractivity (Wildman–Crippen MR) is 133 cm³/mol. The van der Waals surface area contributed by atoms with Gasteiger partial charge in [0.25, 0.3) is 0 Å². The normalized spacial score (nSPS) is 20.9. The number of nitrogens with zero attached hydrogens (tertiary/aromatic N) is 7. The molecule has 2 N–H and O–H groups in total. The number of hydrogen-bond donors (Lipinski definition) is 1. The van der Waals surface area contributed by atoms with Crippen LogP contribution in [0.15, 0.2) is 23.2 Å². The number of aromatic nitrogens is 3. The summed E-state index contributed by atoms with van der Waals surface area (Å²) in [6.07, 6.45) is 2.65. The van der Waals surface area contributed by atoms with Crippen molar-refractivity contribution in [3.8, 4) is 11.4 Å². The largest absolute Gasteiger partial charge is 0.384 e. The molecule has 10 nitrogen and oxygen atoms in total. The molecule has 0 saturated carbocycles. The zero-order chi connectivity index (χ0) is 23.7. The standard InChI is InChI=1S/C23H32N8O2S/c1-28(2)23(32)31-7-5-29(6-8-31)15-17-13-18-20(34-17)22(30-9-11-33-12-10-30)27-21(26-18)16-3-4-19(24)25-14-16/h3-4,14,17H,5-13,15H2,1-2H3,(H2,24,25). The van der Waals surface area contributed by atoms with E-state index in [2.05, 4.69) is 14.8 Å². The van der Waals surface area contributed by atoms with Crippen LogP contribution in [0.4, 0.5) is 16.4 Å². The van der Waals surface area contributed by atoms with Gasteiger partial charge in [0.05, 0.1) is 23.8 Å². The van der Waals surface area contributed by atoms with E-state index in [1.54, 1.807) is 17.2 Å². The zero-order valence-corrected chi connectivity index (χ0v) is 20.6. The maximum atomic E-state index is 12.2. The second-order valence-corrected chi connectivity index (χ2v) is 10.4. The average molecular weight is 485 g/mol. The number of amides is 2. The lowest BCUT2D eigenvalue weighted by Gasteiger charge is -2.36. The van der Waals surface area contributed by atoms with Gasteiger partial charge in [0.1, 0.15) is 11.6 Å². The fourth-order valence-corrected chi connectivity index (χ4v) is 6.02. The first-order valence-electron chi connectivity index (χ1n) is 11.8. The lowest BCUT2D eigenvalue weighted by Crippen LogP contribution is -2.52. The van der Waals surface area contributed by atoms with Crippen LogP contribution in [0.5, 0.6) is 0 Å². The molecular weight excluding hydrogens is 452 g/mol. The van der Waals surface area contributed by atoms with E-state index < -0.39 is 0 Å². The van der Waals surface area contributed by atoms with Gasteiger partial charge in [0.15, 0.2) is 5.82 Å². The number of nitrogen functional groups attached to an aromatic ring is 1. The minimum Gasteiger partial charge on any atom is -0.384 e. The predicted octanol–water partition coefficient (Wildman–Crippen LogP) is 1.27. The van der Waals surface area contributed by atoms with Crippen LogP contribution < -0.4 is 10.6 Å². The quantitative estimate of drug-likeness (QED) is 0.687. The smallest absolute Gasteiger partial charge is 0.319 e. The summed E-state index contributed by atoms with van der Waals surface area (Å²) in [4.78, 5) is 36.0. The molecule has 0 spiro atoms. The molecule has 11 heteroatoms. The highest BCUT2D eigenvalue weighted by Crippen LogP contribution is 2.43. The Bertz CT molecular complexity index is 1020. The average Bonchev–Trinajstić information content (AvgIpc) is 3.26. The third-order valence-electron chi connectivity index (χ3n) is 6.47.